The Kier molecular flexibility index (Phi) is 6.96. The van der Waals surface area contributed by atoms with E-state index in [0.717, 1.165) is 22.6 Å². The number of amides is 1. The summed E-state index contributed by atoms with van der Waals surface area (Å²) in [5, 5.41) is 11.6. The van der Waals surface area contributed by atoms with Gasteiger partial charge < -0.3 is 19.3 Å². The highest BCUT2D eigenvalue weighted by Crippen LogP contribution is 2.45. The first kappa shape index (κ1) is 26.2. The van der Waals surface area contributed by atoms with E-state index in [2.05, 4.69) is 11.6 Å². The van der Waals surface area contributed by atoms with Crippen molar-refractivity contribution >= 4 is 39.9 Å². The van der Waals surface area contributed by atoms with Gasteiger partial charge in [0, 0.05) is 12.0 Å². The molecular formula is C29H26N2O7S. The van der Waals surface area contributed by atoms with Gasteiger partial charge in [0.25, 0.3) is 5.78 Å². The molecule has 200 valence electrons. The first-order valence-electron chi connectivity index (χ1n) is 12.2. The van der Waals surface area contributed by atoms with Crippen LogP contribution in [-0.4, -0.2) is 47.6 Å². The molecule has 1 fully saturated rings. The maximum absolute atomic E-state index is 13.5. The number of aryl methyl sites for hydroxylation is 1. The van der Waals surface area contributed by atoms with E-state index in [1.54, 1.807) is 49.4 Å². The Morgan fingerprint density at radius 3 is 2.82 bits per heavy atom. The molecule has 1 N–H and O–H groups in total. The van der Waals surface area contributed by atoms with E-state index in [1.165, 1.54) is 18.1 Å². The third-order valence-electron chi connectivity index (χ3n) is 6.53. The normalized spacial score (nSPS) is 19.5. The predicted molar refractivity (Wildman–Crippen MR) is 145 cm³/mol. The molecule has 3 aromatic rings. The summed E-state index contributed by atoms with van der Waals surface area (Å²) in [6.45, 7) is 7.13. The number of benzene rings is 2. The Labute approximate surface area is 229 Å². The molecule has 3 heterocycles. The first-order valence-corrected chi connectivity index (χ1v) is 13.1. The average Bonchev–Trinajstić information content (AvgIpc) is 3.58. The number of fused-ring (bicyclic) bond motifs is 1. The van der Waals surface area contributed by atoms with Gasteiger partial charge in [-0.15, -0.1) is 0 Å². The highest BCUT2D eigenvalue weighted by molar-refractivity contribution is 7.17. The largest absolute Gasteiger partial charge is 0.507 e. The number of hydrogen-bond acceptors (Lipinski definition) is 9. The summed E-state index contributed by atoms with van der Waals surface area (Å²) in [5.41, 5.74) is 2.07. The predicted octanol–water partition coefficient (Wildman–Crippen LogP) is 4.75. The molecule has 2 aliphatic heterocycles. The maximum Gasteiger partial charge on any atom is 0.350 e. The fourth-order valence-corrected chi connectivity index (χ4v) is 5.74. The molecule has 1 saturated heterocycles. The summed E-state index contributed by atoms with van der Waals surface area (Å²) >= 11 is 0.936. The lowest BCUT2D eigenvalue weighted by Gasteiger charge is -2.23. The van der Waals surface area contributed by atoms with E-state index in [-0.39, 0.29) is 34.1 Å². The van der Waals surface area contributed by atoms with Gasteiger partial charge in [0.2, 0.25) is 0 Å². The number of Topliss-reactive ketones (excluding diaryl/α,β-unsaturated/α-hetero) is 1. The smallest absolute Gasteiger partial charge is 0.350 e. The number of aliphatic hydroxyl groups is 1. The molecule has 2 aromatic carbocycles. The van der Waals surface area contributed by atoms with Gasteiger partial charge in [-0.05, 0) is 55.3 Å². The van der Waals surface area contributed by atoms with Crippen molar-refractivity contribution in [2.45, 2.75) is 32.4 Å². The van der Waals surface area contributed by atoms with Gasteiger partial charge in [0.05, 0.1) is 24.4 Å². The molecule has 2 atom stereocenters. The molecule has 0 spiro atoms. The lowest BCUT2D eigenvalue weighted by molar-refractivity contribution is -0.132. The third kappa shape index (κ3) is 4.67. The van der Waals surface area contributed by atoms with Crippen LogP contribution in [0.2, 0.25) is 0 Å². The van der Waals surface area contributed by atoms with Crippen molar-refractivity contribution in [2.24, 2.45) is 0 Å². The monoisotopic (exact) mass is 546 g/mol. The standard InChI is InChI=1S/C29H26N2O7S/c1-5-11-37-28(35)26-16(3)30-29(39-26)31-23(17-7-6-8-20(14-17)36-4)22(25(33)27(31)34)24(32)18-9-10-21-19(13-18)12-15(2)38-21/h5-10,13-15,23,32H,1,11-12H2,2-4H3/b24-22+. The van der Waals surface area contributed by atoms with Crippen molar-refractivity contribution in [3.05, 3.63) is 88.0 Å². The van der Waals surface area contributed by atoms with E-state index >= 15 is 0 Å². The minimum Gasteiger partial charge on any atom is -0.507 e. The van der Waals surface area contributed by atoms with Crippen LogP contribution >= 0.6 is 11.3 Å². The summed E-state index contributed by atoms with van der Waals surface area (Å²) < 4.78 is 16.3. The third-order valence-corrected chi connectivity index (χ3v) is 7.67. The number of esters is 1. The van der Waals surface area contributed by atoms with E-state index in [4.69, 9.17) is 14.2 Å². The quantitative estimate of drug-likeness (QED) is 0.148. The zero-order chi connectivity index (χ0) is 27.8. The number of carbonyl (C=O) groups is 3. The van der Waals surface area contributed by atoms with Crippen molar-refractivity contribution in [3.63, 3.8) is 0 Å². The molecule has 9 nitrogen and oxygen atoms in total. The van der Waals surface area contributed by atoms with Crippen LogP contribution in [0.5, 0.6) is 11.5 Å². The lowest BCUT2D eigenvalue weighted by atomic mass is 9.94. The van der Waals surface area contributed by atoms with Crippen LogP contribution < -0.4 is 14.4 Å². The van der Waals surface area contributed by atoms with Crippen molar-refractivity contribution in [1.29, 1.82) is 0 Å². The second-order valence-electron chi connectivity index (χ2n) is 9.20. The number of methoxy groups -OCH3 is 1. The van der Waals surface area contributed by atoms with E-state index in [1.807, 2.05) is 6.92 Å². The molecule has 39 heavy (non-hydrogen) atoms. The van der Waals surface area contributed by atoms with Crippen LogP contribution in [0.3, 0.4) is 0 Å². The summed E-state index contributed by atoms with van der Waals surface area (Å²) in [7, 11) is 1.51. The fraction of sp³-hybridized carbons (Fsp3) is 0.241. The molecule has 2 aliphatic rings. The van der Waals surface area contributed by atoms with Gasteiger partial charge in [-0.25, -0.2) is 9.78 Å². The lowest BCUT2D eigenvalue weighted by Crippen LogP contribution is -2.29. The topological polar surface area (TPSA) is 115 Å². The number of ether oxygens (including phenoxy) is 3. The zero-order valence-electron chi connectivity index (χ0n) is 21.6. The van der Waals surface area contributed by atoms with Crippen molar-refractivity contribution in [1.82, 2.24) is 4.98 Å². The second kappa shape index (κ2) is 10.4. The van der Waals surface area contributed by atoms with Crippen molar-refractivity contribution in [3.8, 4) is 11.5 Å². The van der Waals surface area contributed by atoms with Gasteiger partial charge in [0.1, 0.15) is 34.8 Å². The molecule has 2 unspecified atom stereocenters. The number of hydrogen-bond donors (Lipinski definition) is 1. The molecule has 5 rings (SSSR count). The number of rotatable bonds is 7. The van der Waals surface area contributed by atoms with Crippen LogP contribution in [0.4, 0.5) is 5.13 Å². The van der Waals surface area contributed by atoms with Crippen LogP contribution in [0.15, 0.2) is 60.7 Å². The minimum atomic E-state index is -1.02. The second-order valence-corrected chi connectivity index (χ2v) is 10.2. The van der Waals surface area contributed by atoms with Crippen LogP contribution in [0, 0.1) is 6.92 Å². The summed E-state index contributed by atoms with van der Waals surface area (Å²) in [6.07, 6.45) is 2.11. The van der Waals surface area contributed by atoms with Gasteiger partial charge in [-0.2, -0.15) is 0 Å². The summed E-state index contributed by atoms with van der Waals surface area (Å²) in [6, 6.07) is 11.0. The van der Waals surface area contributed by atoms with Crippen molar-refractivity contribution in [2.75, 3.05) is 18.6 Å². The van der Waals surface area contributed by atoms with E-state index in [9.17, 15) is 19.5 Å². The fourth-order valence-electron chi connectivity index (χ4n) is 4.76. The van der Waals surface area contributed by atoms with Gasteiger partial charge in [-0.1, -0.05) is 36.1 Å². The number of aromatic nitrogens is 1. The number of carbonyl (C=O) groups excluding carboxylic acids is 3. The Hall–Kier alpha value is -4.44. The Balaban J connectivity index is 1.66. The Morgan fingerprint density at radius 2 is 2.08 bits per heavy atom. The number of anilines is 1. The first-order chi connectivity index (χ1) is 18.7. The van der Waals surface area contributed by atoms with Crippen LogP contribution in [-0.2, 0) is 20.7 Å². The number of ketones is 1. The Bertz CT molecular complexity index is 1540. The van der Waals surface area contributed by atoms with E-state index in [0.29, 0.717) is 29.0 Å². The highest BCUT2D eigenvalue weighted by Gasteiger charge is 2.48. The van der Waals surface area contributed by atoms with Crippen molar-refractivity contribution < 1.29 is 33.7 Å². The van der Waals surface area contributed by atoms with Gasteiger partial charge >= 0.3 is 11.9 Å². The number of thiazole rings is 1. The average molecular weight is 547 g/mol. The minimum absolute atomic E-state index is 0.000248. The summed E-state index contributed by atoms with van der Waals surface area (Å²) in [4.78, 5) is 45.4. The maximum atomic E-state index is 13.5. The molecule has 10 heteroatoms. The van der Waals surface area contributed by atoms with Crippen LogP contribution in [0.25, 0.3) is 5.76 Å². The summed E-state index contributed by atoms with van der Waals surface area (Å²) in [5.74, 6) is -1.44. The SMILES string of the molecule is C=CCOC(=O)c1sc(N2C(=O)C(=O)/C(=C(/O)c3ccc4c(c3)CC(C)O4)C2c2cccc(OC)c2)nc1C. The molecule has 0 saturated carbocycles. The number of nitrogens with zero attached hydrogens (tertiary/aromatic N) is 2. The molecule has 0 bridgehead atoms. The van der Waals surface area contributed by atoms with Gasteiger partial charge in [0.15, 0.2) is 5.13 Å². The number of aliphatic hydroxyl groups excluding tert-OH is 1. The molecule has 0 radical (unpaired) electrons. The highest BCUT2D eigenvalue weighted by atomic mass is 32.1. The molecule has 0 aliphatic carbocycles. The molecule has 1 aromatic heterocycles. The van der Waals surface area contributed by atoms with Crippen LogP contribution in [0.1, 0.15) is 45.0 Å². The zero-order valence-corrected chi connectivity index (χ0v) is 22.4. The Morgan fingerprint density at radius 1 is 1.28 bits per heavy atom. The molecular weight excluding hydrogens is 520 g/mol. The van der Waals surface area contributed by atoms with E-state index < -0.39 is 23.7 Å². The molecule has 1 amide bonds. The van der Waals surface area contributed by atoms with Gasteiger partial charge in [-0.3, -0.25) is 14.5 Å².